The Balaban J connectivity index is 0.000000396. The van der Waals surface area contributed by atoms with Gasteiger partial charge in [0.1, 0.15) is 11.7 Å². The molecule has 1 heterocycles. The summed E-state index contributed by atoms with van der Waals surface area (Å²) >= 11 is 0. The molecule has 0 saturated carbocycles. The molecule has 1 amide bonds. The fourth-order valence-corrected chi connectivity index (χ4v) is 4.44. The first kappa shape index (κ1) is 35.7. The van der Waals surface area contributed by atoms with E-state index in [1.165, 1.54) is 25.0 Å². The molecule has 1 saturated heterocycles. The third kappa shape index (κ3) is 13.7. The summed E-state index contributed by atoms with van der Waals surface area (Å²) in [7, 11) is 1.88. The maximum absolute atomic E-state index is 10.7. The van der Waals surface area contributed by atoms with Crippen molar-refractivity contribution in [2.75, 3.05) is 20.1 Å². The van der Waals surface area contributed by atoms with Crippen molar-refractivity contribution < 1.29 is 4.79 Å². The number of amidine groups is 2. The predicted molar refractivity (Wildman–Crippen MR) is 186 cm³/mol. The van der Waals surface area contributed by atoms with Gasteiger partial charge in [0, 0.05) is 19.5 Å². The van der Waals surface area contributed by atoms with Gasteiger partial charge in [0.15, 0.2) is 0 Å². The standard InChI is InChI=1S/C25H26N4O.C7H13N.C5H11N/c26-24(16-13-20-7-3-1-4-8-20)29(25(27)17-28-19-30)18-21-11-14-23(15-12-21)22-9-5-2-6-10-22;1-6(2)7(3)5-8-4;1-5-3-2-4-6-5/h1-12,14-15,19,26-27H,13,16-18H2,(H,28,30);5,8H,1H2,2-4H3;5-6H,2-4H2,1H3/b;7-5-;. The highest BCUT2D eigenvalue weighted by Gasteiger charge is 2.16. The van der Waals surface area contributed by atoms with Crippen LogP contribution < -0.4 is 16.0 Å². The van der Waals surface area contributed by atoms with Crippen LogP contribution >= 0.6 is 0 Å². The summed E-state index contributed by atoms with van der Waals surface area (Å²) in [5.74, 6) is 0.566. The molecular formula is C37H50N6O. The number of amides is 1. The molecule has 3 aromatic carbocycles. The Bertz CT molecular complexity index is 1310. The fourth-order valence-electron chi connectivity index (χ4n) is 4.44. The average molecular weight is 595 g/mol. The van der Waals surface area contributed by atoms with Crippen molar-refractivity contribution in [2.24, 2.45) is 0 Å². The van der Waals surface area contributed by atoms with Crippen LogP contribution in [0.25, 0.3) is 11.1 Å². The molecule has 234 valence electrons. The van der Waals surface area contributed by atoms with Gasteiger partial charge in [0.2, 0.25) is 6.41 Å². The Morgan fingerprint density at radius 3 is 2.02 bits per heavy atom. The number of benzene rings is 3. The van der Waals surface area contributed by atoms with Crippen molar-refractivity contribution in [3.8, 4) is 11.1 Å². The monoisotopic (exact) mass is 594 g/mol. The summed E-state index contributed by atoms with van der Waals surface area (Å²) in [5, 5.41) is 25.7. The van der Waals surface area contributed by atoms with Crippen molar-refractivity contribution >= 4 is 18.1 Å². The van der Waals surface area contributed by atoms with Gasteiger partial charge >= 0.3 is 0 Å². The zero-order chi connectivity index (χ0) is 32.2. The fraction of sp³-hybridized carbons (Fsp3) is 0.324. The number of nitrogens with one attached hydrogen (secondary N) is 5. The average Bonchev–Trinajstić information content (AvgIpc) is 3.54. The van der Waals surface area contributed by atoms with E-state index in [0.717, 1.165) is 40.3 Å². The third-order valence-electron chi connectivity index (χ3n) is 7.24. The summed E-state index contributed by atoms with van der Waals surface area (Å²) in [6.45, 7) is 11.8. The zero-order valence-electron chi connectivity index (χ0n) is 26.8. The van der Waals surface area contributed by atoms with E-state index in [0.29, 0.717) is 25.2 Å². The van der Waals surface area contributed by atoms with Crippen molar-refractivity contribution in [2.45, 2.75) is 59.0 Å². The maximum Gasteiger partial charge on any atom is 0.207 e. The van der Waals surface area contributed by atoms with Crippen LogP contribution in [-0.4, -0.2) is 49.2 Å². The first-order valence-electron chi connectivity index (χ1n) is 15.3. The molecule has 1 aliphatic rings. The molecule has 7 heteroatoms. The van der Waals surface area contributed by atoms with E-state index in [1.807, 2.05) is 87.8 Å². The Labute approximate surface area is 264 Å². The lowest BCUT2D eigenvalue weighted by atomic mass is 10.0. The van der Waals surface area contributed by atoms with E-state index >= 15 is 0 Å². The molecule has 3 aromatic rings. The van der Waals surface area contributed by atoms with Gasteiger partial charge in [-0.3, -0.25) is 15.6 Å². The second-order valence-corrected chi connectivity index (χ2v) is 10.9. The molecule has 0 aliphatic carbocycles. The molecule has 5 N–H and O–H groups in total. The highest BCUT2D eigenvalue weighted by Crippen LogP contribution is 2.20. The van der Waals surface area contributed by atoms with E-state index in [-0.39, 0.29) is 12.4 Å². The van der Waals surface area contributed by atoms with E-state index in [1.54, 1.807) is 4.90 Å². The minimum absolute atomic E-state index is 0.0965. The van der Waals surface area contributed by atoms with Gasteiger partial charge in [-0.15, -0.1) is 0 Å². The first-order valence-corrected chi connectivity index (χ1v) is 15.3. The van der Waals surface area contributed by atoms with Crippen LogP contribution in [0.4, 0.5) is 0 Å². The molecule has 1 unspecified atom stereocenters. The third-order valence-corrected chi connectivity index (χ3v) is 7.24. The summed E-state index contributed by atoms with van der Waals surface area (Å²) in [6.07, 6.45) is 6.52. The predicted octanol–water partition coefficient (Wildman–Crippen LogP) is 6.93. The molecule has 0 bridgehead atoms. The van der Waals surface area contributed by atoms with Crippen molar-refractivity contribution in [1.82, 2.24) is 20.9 Å². The highest BCUT2D eigenvalue weighted by molar-refractivity contribution is 5.99. The van der Waals surface area contributed by atoms with Gasteiger partial charge in [0.25, 0.3) is 0 Å². The Morgan fingerprint density at radius 1 is 0.932 bits per heavy atom. The number of hydrogen-bond acceptors (Lipinski definition) is 5. The topological polar surface area (TPSA) is 104 Å². The molecule has 1 atom stereocenters. The summed E-state index contributed by atoms with van der Waals surface area (Å²) < 4.78 is 0. The van der Waals surface area contributed by atoms with Crippen LogP contribution in [0.2, 0.25) is 0 Å². The molecular weight excluding hydrogens is 544 g/mol. The zero-order valence-corrected chi connectivity index (χ0v) is 26.8. The Kier molecular flexibility index (Phi) is 16.6. The highest BCUT2D eigenvalue weighted by atomic mass is 16.1. The Hall–Kier alpha value is -4.49. The second kappa shape index (κ2) is 20.4. The lowest BCUT2D eigenvalue weighted by Gasteiger charge is -2.26. The van der Waals surface area contributed by atoms with Crippen molar-refractivity contribution in [3.63, 3.8) is 0 Å². The molecule has 0 spiro atoms. The number of carbonyl (C=O) groups is 1. The van der Waals surface area contributed by atoms with Crippen LogP contribution in [0.1, 0.15) is 51.2 Å². The van der Waals surface area contributed by atoms with Gasteiger partial charge in [0.05, 0.1) is 13.1 Å². The maximum atomic E-state index is 10.7. The van der Waals surface area contributed by atoms with Crippen LogP contribution in [-0.2, 0) is 17.8 Å². The summed E-state index contributed by atoms with van der Waals surface area (Å²) in [5.41, 5.74) is 6.76. The van der Waals surface area contributed by atoms with E-state index in [4.69, 9.17) is 10.8 Å². The lowest BCUT2D eigenvalue weighted by Crippen LogP contribution is -2.40. The van der Waals surface area contributed by atoms with Crippen molar-refractivity contribution in [1.29, 1.82) is 10.8 Å². The quantitative estimate of drug-likeness (QED) is 0.0718. The van der Waals surface area contributed by atoms with Crippen molar-refractivity contribution in [3.05, 3.63) is 120 Å². The van der Waals surface area contributed by atoms with Crippen LogP contribution in [0.3, 0.4) is 0 Å². The number of rotatable bonds is 11. The number of hydrogen-bond donors (Lipinski definition) is 5. The summed E-state index contributed by atoms with van der Waals surface area (Å²) in [6, 6.07) is 29.2. The molecule has 0 radical (unpaired) electrons. The minimum atomic E-state index is 0.0965. The molecule has 0 aromatic heterocycles. The summed E-state index contributed by atoms with van der Waals surface area (Å²) in [4.78, 5) is 12.3. The first-order chi connectivity index (χ1) is 21.2. The van der Waals surface area contributed by atoms with E-state index < -0.39 is 0 Å². The van der Waals surface area contributed by atoms with Crippen LogP contribution in [0, 0.1) is 10.8 Å². The van der Waals surface area contributed by atoms with Gasteiger partial charge in [-0.2, -0.15) is 0 Å². The number of allylic oxidation sites excluding steroid dienone is 2. The minimum Gasteiger partial charge on any atom is -0.394 e. The van der Waals surface area contributed by atoms with Gasteiger partial charge in [-0.1, -0.05) is 97.1 Å². The van der Waals surface area contributed by atoms with Gasteiger partial charge < -0.3 is 20.9 Å². The molecule has 7 nitrogen and oxygen atoms in total. The van der Waals surface area contributed by atoms with Gasteiger partial charge in [-0.25, -0.2) is 0 Å². The molecule has 1 fully saturated rings. The van der Waals surface area contributed by atoms with E-state index in [9.17, 15) is 4.79 Å². The van der Waals surface area contributed by atoms with Crippen LogP contribution in [0.5, 0.6) is 0 Å². The van der Waals surface area contributed by atoms with Gasteiger partial charge in [-0.05, 0) is 80.6 Å². The van der Waals surface area contributed by atoms with Crippen LogP contribution in [0.15, 0.2) is 109 Å². The largest absolute Gasteiger partial charge is 0.394 e. The lowest BCUT2D eigenvalue weighted by molar-refractivity contribution is -0.109. The normalized spacial score (nSPS) is 13.7. The number of carbonyl (C=O) groups excluding carboxylic acids is 1. The Morgan fingerprint density at radius 2 is 1.55 bits per heavy atom. The number of nitrogens with zero attached hydrogens (tertiary/aromatic N) is 1. The second-order valence-electron chi connectivity index (χ2n) is 10.9. The molecule has 44 heavy (non-hydrogen) atoms. The van der Waals surface area contributed by atoms with E-state index in [2.05, 4.69) is 53.7 Å². The molecule has 4 rings (SSSR count). The number of aryl methyl sites for hydroxylation is 1. The smallest absolute Gasteiger partial charge is 0.207 e. The molecule has 1 aliphatic heterocycles. The SMILES string of the molecule is C=C(C)/C(C)=C\NC.CC1CCCN1.N=C(CCc1ccccc1)N(Cc1ccc(-c2ccccc2)cc1)C(=N)CNC=O.